The van der Waals surface area contributed by atoms with Crippen molar-refractivity contribution in [3.05, 3.63) is 35.9 Å². The highest BCUT2D eigenvalue weighted by atomic mass is 16.4. The first-order chi connectivity index (χ1) is 5.70. The van der Waals surface area contributed by atoms with Gasteiger partial charge >= 0.3 is 5.97 Å². The molecule has 0 saturated carbocycles. The second-order valence-corrected chi connectivity index (χ2v) is 2.21. The third kappa shape index (κ3) is 2.12. The molecule has 0 atom stereocenters. The molecular formula is C9H7O3-. The van der Waals surface area contributed by atoms with Gasteiger partial charge < -0.3 is 10.2 Å². The van der Waals surface area contributed by atoms with Gasteiger partial charge in [0.05, 0.1) is 0 Å². The third-order valence-electron chi connectivity index (χ3n) is 1.32. The summed E-state index contributed by atoms with van der Waals surface area (Å²) in [5.74, 6) is -1.23. The summed E-state index contributed by atoms with van der Waals surface area (Å²) in [6.45, 7) is 0. The largest absolute Gasteiger partial charge is 0.872 e. The number of carboxylic acids is 1. The molecule has 0 aliphatic rings. The first kappa shape index (κ1) is 8.33. The molecule has 0 heterocycles. The Morgan fingerprint density at radius 1 is 1.42 bits per heavy atom. The second-order valence-electron chi connectivity index (χ2n) is 2.21. The van der Waals surface area contributed by atoms with Gasteiger partial charge in [0.15, 0.2) is 0 Å². The predicted octanol–water partition coefficient (Wildman–Crippen LogP) is 0.858. The lowest BCUT2D eigenvalue weighted by Gasteiger charge is -2.07. The number of hydrogen-bond acceptors (Lipinski definition) is 2. The van der Waals surface area contributed by atoms with Crippen LogP contribution in [0.1, 0.15) is 5.56 Å². The van der Waals surface area contributed by atoms with Gasteiger partial charge in [0, 0.05) is 6.08 Å². The molecule has 0 fully saturated rings. The fraction of sp³-hybridized carbons (Fsp3) is 0. The monoisotopic (exact) mass is 163 g/mol. The summed E-state index contributed by atoms with van der Waals surface area (Å²) in [4.78, 5) is 10.1. The van der Waals surface area contributed by atoms with E-state index in [-0.39, 0.29) is 5.75 Å². The van der Waals surface area contributed by atoms with Crippen molar-refractivity contribution in [2.75, 3.05) is 0 Å². The van der Waals surface area contributed by atoms with Crippen LogP contribution in [0.5, 0.6) is 5.75 Å². The Kier molecular flexibility index (Phi) is 2.48. The van der Waals surface area contributed by atoms with Crippen molar-refractivity contribution in [3.8, 4) is 5.75 Å². The van der Waals surface area contributed by atoms with E-state index < -0.39 is 5.97 Å². The lowest BCUT2D eigenvalue weighted by atomic mass is 10.2. The van der Waals surface area contributed by atoms with E-state index in [9.17, 15) is 9.90 Å². The summed E-state index contributed by atoms with van der Waals surface area (Å²) in [5.41, 5.74) is 0.389. The zero-order valence-electron chi connectivity index (χ0n) is 6.23. The Hall–Kier alpha value is -1.77. The molecule has 1 aromatic carbocycles. The lowest BCUT2D eigenvalue weighted by Crippen LogP contribution is -1.92. The van der Waals surface area contributed by atoms with Gasteiger partial charge in [-0.2, -0.15) is 0 Å². The van der Waals surface area contributed by atoms with Crippen molar-refractivity contribution in [3.63, 3.8) is 0 Å². The van der Waals surface area contributed by atoms with Crippen molar-refractivity contribution in [2.45, 2.75) is 0 Å². The molecule has 1 N–H and O–H groups in total. The van der Waals surface area contributed by atoms with Crippen LogP contribution in [0.25, 0.3) is 6.08 Å². The average molecular weight is 163 g/mol. The number of hydrogen-bond donors (Lipinski definition) is 1. The van der Waals surface area contributed by atoms with E-state index in [4.69, 9.17) is 5.11 Å². The van der Waals surface area contributed by atoms with Gasteiger partial charge in [-0.1, -0.05) is 24.3 Å². The van der Waals surface area contributed by atoms with Crippen LogP contribution in [0, 0.1) is 0 Å². The number of carboxylic acid groups (broad SMARTS) is 1. The molecule has 3 nitrogen and oxygen atoms in total. The Labute approximate surface area is 69.6 Å². The minimum atomic E-state index is -1.06. The summed E-state index contributed by atoms with van der Waals surface area (Å²) >= 11 is 0. The smallest absolute Gasteiger partial charge is 0.328 e. The Bertz CT molecular complexity index is 315. The molecular weight excluding hydrogens is 156 g/mol. The van der Waals surface area contributed by atoms with E-state index >= 15 is 0 Å². The van der Waals surface area contributed by atoms with Crippen LogP contribution in [-0.4, -0.2) is 11.1 Å². The second kappa shape index (κ2) is 3.57. The van der Waals surface area contributed by atoms with Crippen LogP contribution in [0.15, 0.2) is 30.3 Å². The van der Waals surface area contributed by atoms with Crippen LogP contribution >= 0.6 is 0 Å². The van der Waals surface area contributed by atoms with Crippen molar-refractivity contribution in [1.82, 2.24) is 0 Å². The van der Waals surface area contributed by atoms with Crippen molar-refractivity contribution in [2.24, 2.45) is 0 Å². The maximum absolute atomic E-state index is 11.0. The van der Waals surface area contributed by atoms with E-state index in [2.05, 4.69) is 0 Å². The highest BCUT2D eigenvalue weighted by Crippen LogP contribution is 2.13. The fourth-order valence-electron chi connectivity index (χ4n) is 0.779. The molecule has 1 rings (SSSR count). The van der Waals surface area contributed by atoms with Gasteiger partial charge in [-0.3, -0.25) is 0 Å². The zero-order chi connectivity index (χ0) is 8.97. The highest BCUT2D eigenvalue weighted by molar-refractivity contribution is 5.85. The lowest BCUT2D eigenvalue weighted by molar-refractivity contribution is -0.268. The molecule has 0 aliphatic heterocycles. The molecule has 0 amide bonds. The van der Waals surface area contributed by atoms with Gasteiger partial charge in [0.1, 0.15) is 0 Å². The normalized spacial score (nSPS) is 10.3. The first-order valence-electron chi connectivity index (χ1n) is 3.37. The molecule has 12 heavy (non-hydrogen) atoms. The molecule has 0 aromatic heterocycles. The first-order valence-corrected chi connectivity index (χ1v) is 3.37. The van der Waals surface area contributed by atoms with Crippen LogP contribution in [-0.2, 0) is 4.79 Å². The zero-order valence-corrected chi connectivity index (χ0v) is 6.23. The van der Waals surface area contributed by atoms with E-state index in [0.29, 0.717) is 5.56 Å². The van der Waals surface area contributed by atoms with Gasteiger partial charge in [-0.25, -0.2) is 4.79 Å². The minimum absolute atomic E-state index is 0.171. The SMILES string of the molecule is O=C(O)/C=C/c1ccccc1[O-]. The summed E-state index contributed by atoms with van der Waals surface area (Å²) in [7, 11) is 0. The molecule has 1 aromatic rings. The molecule has 3 heteroatoms. The van der Waals surface area contributed by atoms with E-state index in [1.165, 1.54) is 12.1 Å². The maximum Gasteiger partial charge on any atom is 0.328 e. The fourth-order valence-corrected chi connectivity index (χ4v) is 0.779. The standard InChI is InChI=1S/C9H8O3/c10-8-4-2-1-3-7(8)5-6-9(11)12/h1-6,10H,(H,11,12)/p-1/b6-5+. The Morgan fingerprint density at radius 2 is 2.08 bits per heavy atom. The van der Waals surface area contributed by atoms with Crippen molar-refractivity contribution < 1.29 is 15.0 Å². The topological polar surface area (TPSA) is 60.4 Å². The van der Waals surface area contributed by atoms with E-state index in [1.54, 1.807) is 18.2 Å². The summed E-state index contributed by atoms with van der Waals surface area (Å²) in [5, 5.41) is 19.3. The number of para-hydroxylation sites is 1. The quantitative estimate of drug-likeness (QED) is 0.657. The minimum Gasteiger partial charge on any atom is -0.872 e. The molecule has 0 aliphatic carbocycles. The third-order valence-corrected chi connectivity index (χ3v) is 1.32. The van der Waals surface area contributed by atoms with Crippen LogP contribution in [0.2, 0.25) is 0 Å². The molecule has 0 bridgehead atoms. The molecule has 62 valence electrons. The molecule has 0 spiro atoms. The van der Waals surface area contributed by atoms with Gasteiger partial charge in [0.2, 0.25) is 0 Å². The number of rotatable bonds is 2. The average Bonchev–Trinajstić information content (AvgIpc) is 2.03. The summed E-state index contributed by atoms with van der Waals surface area (Å²) in [6, 6.07) is 6.26. The van der Waals surface area contributed by atoms with Crippen LogP contribution in [0.3, 0.4) is 0 Å². The molecule has 0 unspecified atom stereocenters. The van der Waals surface area contributed by atoms with Crippen LogP contribution in [0.4, 0.5) is 0 Å². The number of aliphatic carboxylic acids is 1. The number of carbonyl (C=O) groups is 1. The van der Waals surface area contributed by atoms with Gasteiger partial charge in [-0.05, 0) is 11.6 Å². The maximum atomic E-state index is 11.0. The summed E-state index contributed by atoms with van der Waals surface area (Å²) < 4.78 is 0. The Morgan fingerprint density at radius 3 is 2.67 bits per heavy atom. The van der Waals surface area contributed by atoms with E-state index in [1.807, 2.05) is 0 Å². The van der Waals surface area contributed by atoms with E-state index in [0.717, 1.165) is 6.08 Å². The predicted molar refractivity (Wildman–Crippen MR) is 42.6 cm³/mol. The molecule has 0 radical (unpaired) electrons. The highest BCUT2D eigenvalue weighted by Gasteiger charge is 1.88. The van der Waals surface area contributed by atoms with Crippen molar-refractivity contribution >= 4 is 12.0 Å². The number of benzene rings is 1. The Balaban J connectivity index is 2.89. The molecule has 0 saturated heterocycles. The van der Waals surface area contributed by atoms with Crippen LogP contribution < -0.4 is 5.11 Å². The van der Waals surface area contributed by atoms with Gasteiger partial charge in [0.25, 0.3) is 0 Å². The summed E-state index contributed by atoms with van der Waals surface area (Å²) in [6.07, 6.45) is 2.22. The van der Waals surface area contributed by atoms with Gasteiger partial charge in [-0.15, -0.1) is 5.75 Å². The van der Waals surface area contributed by atoms with Crippen molar-refractivity contribution in [1.29, 1.82) is 0 Å².